The highest BCUT2D eigenvalue weighted by molar-refractivity contribution is 7.03. The molecule has 0 bridgehead atoms. The fraction of sp³-hybridized carbons (Fsp3) is 0.111. The molecule has 0 amide bonds. The molecule has 1 unspecified atom stereocenters. The molecule has 10 nitrogen and oxygen atoms in total. The lowest BCUT2D eigenvalue weighted by molar-refractivity contribution is 0.255. The van der Waals surface area contributed by atoms with Crippen molar-refractivity contribution >= 4 is 23.2 Å². The highest BCUT2D eigenvalue weighted by atomic mass is 32.1. The Balaban J connectivity index is 1.74. The summed E-state index contributed by atoms with van der Waals surface area (Å²) in [6, 6.07) is 1.80. The molecule has 11 heteroatoms. The lowest BCUT2D eigenvalue weighted by Gasteiger charge is -2.18. The van der Waals surface area contributed by atoms with E-state index in [4.69, 9.17) is 4.84 Å². The third-order valence-corrected chi connectivity index (χ3v) is 3.07. The van der Waals surface area contributed by atoms with E-state index in [-0.39, 0.29) is 5.90 Å². The van der Waals surface area contributed by atoms with Crippen molar-refractivity contribution in [1.82, 2.24) is 25.1 Å². The molecule has 1 aliphatic heterocycles. The van der Waals surface area contributed by atoms with Gasteiger partial charge in [-0.2, -0.15) is 9.44 Å². The van der Waals surface area contributed by atoms with Gasteiger partial charge in [0.15, 0.2) is 23.5 Å². The zero-order valence-corrected chi connectivity index (χ0v) is 10.5. The number of nitrogens with zero attached hydrogens (tertiary/aromatic N) is 7. The van der Waals surface area contributed by atoms with Crippen LogP contribution in [0.15, 0.2) is 38.1 Å². The van der Waals surface area contributed by atoms with Crippen LogP contribution in [-0.4, -0.2) is 31.0 Å². The number of aliphatic imine (C=N–C) groups is 1. The summed E-state index contributed by atoms with van der Waals surface area (Å²) in [6.07, 6.45) is 2.23. The predicted octanol–water partition coefficient (Wildman–Crippen LogP) is 0.806. The number of aromatic nitrogens is 5. The summed E-state index contributed by atoms with van der Waals surface area (Å²) in [6.45, 7) is 0. The number of hydrogen-bond acceptors (Lipinski definition) is 11. The van der Waals surface area contributed by atoms with Crippen LogP contribution in [0.3, 0.4) is 0 Å². The molecule has 0 fully saturated rings. The molecule has 0 saturated heterocycles. The van der Waals surface area contributed by atoms with E-state index in [0.717, 1.165) is 0 Å². The zero-order valence-electron chi connectivity index (χ0n) is 9.65. The summed E-state index contributed by atoms with van der Waals surface area (Å²) in [5.74, 6) is 0.852. The van der Waals surface area contributed by atoms with Gasteiger partial charge in [-0.15, -0.1) is 5.10 Å². The minimum absolute atomic E-state index is 0.257. The van der Waals surface area contributed by atoms with Crippen molar-refractivity contribution < 1.29 is 14.0 Å². The van der Waals surface area contributed by atoms with Crippen molar-refractivity contribution in [3.05, 3.63) is 35.3 Å². The number of rotatable bonds is 3. The number of anilines is 1. The van der Waals surface area contributed by atoms with Crippen LogP contribution < -0.4 is 5.06 Å². The number of hydroxylamine groups is 1. The molecule has 1 aliphatic rings. The van der Waals surface area contributed by atoms with Crippen LogP contribution in [0, 0.1) is 0 Å². The van der Waals surface area contributed by atoms with E-state index in [0.29, 0.717) is 17.2 Å². The Morgan fingerprint density at radius 1 is 1.35 bits per heavy atom. The third-order valence-electron chi connectivity index (χ3n) is 2.52. The molecule has 3 aromatic rings. The van der Waals surface area contributed by atoms with E-state index in [2.05, 4.69) is 39.2 Å². The van der Waals surface area contributed by atoms with Gasteiger partial charge in [0, 0.05) is 10.7 Å². The average molecular weight is 291 g/mol. The first kappa shape index (κ1) is 11.0. The molecular weight excluding hydrogens is 286 g/mol. The Morgan fingerprint density at radius 3 is 3.05 bits per heavy atom. The van der Waals surface area contributed by atoms with Crippen molar-refractivity contribution in [2.75, 3.05) is 5.06 Å². The standard InChI is InChI=1S/C9H5N7O3S/c1-2-20-14-7(1)16-8(5-3-10-19-13-5)11-9(18-16)6-4-17-15-12-6/h1-4,8H. The van der Waals surface area contributed by atoms with Gasteiger partial charge in [0.1, 0.15) is 0 Å². The van der Waals surface area contributed by atoms with E-state index in [1.807, 2.05) is 5.38 Å². The van der Waals surface area contributed by atoms with Crippen molar-refractivity contribution in [3.8, 4) is 0 Å². The second-order valence-corrected chi connectivity index (χ2v) is 4.37. The SMILES string of the molecule is c1cc(N2OC(c3conn3)=NC2c2cnon2)ns1. The average Bonchev–Trinajstić information content (AvgIpc) is 3.22. The molecule has 0 saturated carbocycles. The second kappa shape index (κ2) is 4.38. The molecule has 4 heterocycles. The topological polar surface area (TPSA) is 116 Å². The first-order valence-corrected chi connectivity index (χ1v) is 6.26. The monoisotopic (exact) mass is 291 g/mol. The van der Waals surface area contributed by atoms with Crippen LogP contribution in [0.1, 0.15) is 17.6 Å². The first-order valence-electron chi connectivity index (χ1n) is 5.42. The van der Waals surface area contributed by atoms with Gasteiger partial charge in [-0.05, 0) is 17.6 Å². The fourth-order valence-corrected chi connectivity index (χ4v) is 2.16. The maximum Gasteiger partial charge on any atom is 0.275 e. The molecule has 0 radical (unpaired) electrons. The molecule has 100 valence electrons. The lowest BCUT2D eigenvalue weighted by atomic mass is 10.3. The number of hydrogen-bond donors (Lipinski definition) is 0. The van der Waals surface area contributed by atoms with Crippen LogP contribution in [0.5, 0.6) is 0 Å². The van der Waals surface area contributed by atoms with Gasteiger partial charge < -0.3 is 9.36 Å². The van der Waals surface area contributed by atoms with Crippen LogP contribution >= 0.6 is 11.5 Å². The van der Waals surface area contributed by atoms with E-state index in [9.17, 15) is 0 Å². The Labute approximate surface area is 114 Å². The van der Waals surface area contributed by atoms with E-state index >= 15 is 0 Å². The van der Waals surface area contributed by atoms with Gasteiger partial charge in [-0.25, -0.2) is 9.62 Å². The van der Waals surface area contributed by atoms with E-state index < -0.39 is 6.17 Å². The minimum Gasteiger partial charge on any atom is -0.353 e. The van der Waals surface area contributed by atoms with Gasteiger partial charge in [-0.3, -0.25) is 0 Å². The van der Waals surface area contributed by atoms with Crippen LogP contribution in [0.2, 0.25) is 0 Å². The molecule has 0 aromatic carbocycles. The molecule has 1 atom stereocenters. The molecule has 0 N–H and O–H groups in total. The first-order chi connectivity index (χ1) is 9.92. The fourth-order valence-electron chi connectivity index (χ4n) is 1.66. The molecule has 20 heavy (non-hydrogen) atoms. The summed E-state index contributed by atoms with van der Waals surface area (Å²) < 4.78 is 13.5. The van der Waals surface area contributed by atoms with Gasteiger partial charge in [-0.1, -0.05) is 10.3 Å². The van der Waals surface area contributed by atoms with Crippen molar-refractivity contribution in [3.63, 3.8) is 0 Å². The normalized spacial score (nSPS) is 18.1. The van der Waals surface area contributed by atoms with E-state index in [1.165, 1.54) is 29.1 Å². The highest BCUT2D eigenvalue weighted by Crippen LogP contribution is 2.32. The van der Waals surface area contributed by atoms with Gasteiger partial charge in [0.05, 0.1) is 6.20 Å². The Morgan fingerprint density at radius 2 is 2.35 bits per heavy atom. The van der Waals surface area contributed by atoms with Crippen LogP contribution in [0.25, 0.3) is 0 Å². The Bertz CT molecular complexity index is 709. The molecule has 4 rings (SSSR count). The minimum atomic E-state index is -0.560. The third kappa shape index (κ3) is 1.72. The van der Waals surface area contributed by atoms with Crippen molar-refractivity contribution in [1.29, 1.82) is 0 Å². The van der Waals surface area contributed by atoms with Crippen LogP contribution in [-0.2, 0) is 4.84 Å². The highest BCUT2D eigenvalue weighted by Gasteiger charge is 2.35. The van der Waals surface area contributed by atoms with E-state index in [1.54, 1.807) is 6.07 Å². The largest absolute Gasteiger partial charge is 0.353 e. The summed E-state index contributed by atoms with van der Waals surface area (Å²) in [5.41, 5.74) is 0.869. The molecule has 0 aliphatic carbocycles. The summed E-state index contributed by atoms with van der Waals surface area (Å²) in [7, 11) is 0. The smallest absolute Gasteiger partial charge is 0.275 e. The molecule has 0 spiro atoms. The lowest BCUT2D eigenvalue weighted by Crippen LogP contribution is -2.24. The second-order valence-electron chi connectivity index (χ2n) is 3.71. The zero-order chi connectivity index (χ0) is 13.4. The van der Waals surface area contributed by atoms with Gasteiger partial charge in [0.25, 0.3) is 5.90 Å². The quantitative estimate of drug-likeness (QED) is 0.690. The molecular formula is C9H5N7O3S. The van der Waals surface area contributed by atoms with Crippen molar-refractivity contribution in [2.24, 2.45) is 4.99 Å². The van der Waals surface area contributed by atoms with Gasteiger partial charge >= 0.3 is 0 Å². The maximum absolute atomic E-state index is 5.64. The molecule has 3 aromatic heterocycles. The summed E-state index contributed by atoms with van der Waals surface area (Å²) in [4.78, 5) is 10.0. The van der Waals surface area contributed by atoms with Gasteiger partial charge in [0.2, 0.25) is 6.17 Å². The predicted molar refractivity (Wildman–Crippen MR) is 63.6 cm³/mol. The summed E-state index contributed by atoms with van der Waals surface area (Å²) >= 11 is 1.30. The van der Waals surface area contributed by atoms with Crippen LogP contribution in [0.4, 0.5) is 5.82 Å². The Kier molecular flexibility index (Phi) is 2.42. The van der Waals surface area contributed by atoms with Crippen molar-refractivity contribution in [2.45, 2.75) is 6.17 Å². The summed E-state index contributed by atoms with van der Waals surface area (Å²) in [5, 5.41) is 17.8. The Hall–Kier alpha value is -2.82. The maximum atomic E-state index is 5.64.